The molecule has 1 aliphatic rings. The van der Waals surface area contributed by atoms with Gasteiger partial charge in [0.25, 0.3) is 0 Å². The Morgan fingerprint density at radius 2 is 1.68 bits per heavy atom. The third kappa shape index (κ3) is 2.20. The van der Waals surface area contributed by atoms with Gasteiger partial charge in [-0.25, -0.2) is 0 Å². The quantitative estimate of drug-likeness (QED) is 0.806. The van der Waals surface area contributed by atoms with E-state index in [0.29, 0.717) is 5.56 Å². The summed E-state index contributed by atoms with van der Waals surface area (Å²) in [6, 6.07) is 12.2. The Morgan fingerprint density at radius 1 is 1.00 bits per heavy atom. The van der Waals surface area contributed by atoms with Gasteiger partial charge in [-0.3, -0.25) is 9.59 Å². The van der Waals surface area contributed by atoms with Gasteiger partial charge in [0.2, 0.25) is 0 Å². The molecule has 0 heterocycles. The zero-order chi connectivity index (χ0) is 15.9. The highest BCUT2D eigenvalue weighted by molar-refractivity contribution is 5.85. The highest BCUT2D eigenvalue weighted by Crippen LogP contribution is 2.49. The summed E-state index contributed by atoms with van der Waals surface area (Å²) in [4.78, 5) is 22.6. The number of hydrogen-bond donors (Lipinski definition) is 3. The van der Waals surface area contributed by atoms with E-state index in [1.54, 1.807) is 18.2 Å². The Kier molecular flexibility index (Phi) is 3.33. The normalized spacial score (nSPS) is 16.6. The summed E-state index contributed by atoms with van der Waals surface area (Å²) >= 11 is 0. The molecule has 0 aromatic heterocycles. The van der Waals surface area contributed by atoms with E-state index in [1.807, 2.05) is 18.2 Å². The van der Waals surface area contributed by atoms with Crippen LogP contribution >= 0.6 is 0 Å². The molecule has 0 spiro atoms. The molecule has 3 rings (SSSR count). The molecule has 0 unspecified atom stereocenters. The molecule has 0 amide bonds. The monoisotopic (exact) mass is 298 g/mol. The van der Waals surface area contributed by atoms with Crippen LogP contribution in [0, 0.1) is 5.92 Å². The number of carboxylic acids is 2. The average molecular weight is 298 g/mol. The first-order valence-corrected chi connectivity index (χ1v) is 6.86. The van der Waals surface area contributed by atoms with E-state index in [2.05, 4.69) is 0 Å². The van der Waals surface area contributed by atoms with Crippen LogP contribution in [0.5, 0.6) is 5.75 Å². The highest BCUT2D eigenvalue weighted by atomic mass is 16.4. The molecule has 1 aliphatic carbocycles. The molecular formula is C17H14O5. The van der Waals surface area contributed by atoms with Gasteiger partial charge in [-0.1, -0.05) is 30.3 Å². The van der Waals surface area contributed by atoms with Gasteiger partial charge in [-0.2, -0.15) is 0 Å². The molecule has 3 N–H and O–H groups in total. The first-order chi connectivity index (χ1) is 10.5. The summed E-state index contributed by atoms with van der Waals surface area (Å²) in [5, 5.41) is 28.2. The van der Waals surface area contributed by atoms with E-state index in [-0.39, 0.29) is 5.75 Å². The Bertz CT molecular complexity index is 765. The molecule has 2 aromatic rings. The minimum absolute atomic E-state index is 0.0380. The molecule has 0 bridgehead atoms. The molecule has 0 aliphatic heterocycles. The van der Waals surface area contributed by atoms with E-state index in [1.165, 1.54) is 6.07 Å². The number of aliphatic carboxylic acids is 2. The maximum absolute atomic E-state index is 11.6. The first kappa shape index (κ1) is 14.1. The van der Waals surface area contributed by atoms with E-state index < -0.39 is 30.2 Å². The molecular weight excluding hydrogens is 284 g/mol. The van der Waals surface area contributed by atoms with E-state index >= 15 is 0 Å². The standard InChI is InChI=1S/C17H14O5/c18-9-5-6-11-10-3-1-2-4-12(10)16(13(11)7-9)14(17(21)22)8-15(19)20/h1-7,14,16,18H,8H2,(H,19,20)(H,21,22)/t14-,16+/m0/s1. The lowest BCUT2D eigenvalue weighted by Gasteiger charge is -2.20. The van der Waals surface area contributed by atoms with Gasteiger partial charge in [0.1, 0.15) is 5.75 Å². The number of carboxylic acid groups (broad SMARTS) is 2. The van der Waals surface area contributed by atoms with Crippen LogP contribution in [0.1, 0.15) is 23.5 Å². The lowest BCUT2D eigenvalue weighted by Crippen LogP contribution is -2.24. The number of phenols is 1. The molecule has 5 nitrogen and oxygen atoms in total. The van der Waals surface area contributed by atoms with Crippen molar-refractivity contribution in [3.05, 3.63) is 53.6 Å². The molecule has 0 fully saturated rings. The molecule has 22 heavy (non-hydrogen) atoms. The van der Waals surface area contributed by atoms with Crippen LogP contribution < -0.4 is 0 Å². The number of aromatic hydroxyl groups is 1. The predicted octanol–water partition coefficient (Wildman–Crippen LogP) is 2.68. The van der Waals surface area contributed by atoms with Crippen LogP contribution in [0.25, 0.3) is 11.1 Å². The SMILES string of the molecule is O=C(O)C[C@H](C(=O)O)[C@@H]1c2ccccc2-c2ccc(O)cc21. The summed E-state index contributed by atoms with van der Waals surface area (Å²) in [7, 11) is 0. The summed E-state index contributed by atoms with van der Waals surface area (Å²) in [5.74, 6) is -3.93. The highest BCUT2D eigenvalue weighted by Gasteiger charge is 2.39. The second-order valence-electron chi connectivity index (χ2n) is 5.38. The van der Waals surface area contributed by atoms with Gasteiger partial charge >= 0.3 is 11.9 Å². The van der Waals surface area contributed by atoms with E-state index in [0.717, 1.165) is 16.7 Å². The lowest BCUT2D eigenvalue weighted by molar-refractivity contribution is -0.148. The van der Waals surface area contributed by atoms with Crippen molar-refractivity contribution >= 4 is 11.9 Å². The molecule has 112 valence electrons. The minimum atomic E-state index is -1.15. The van der Waals surface area contributed by atoms with Crippen molar-refractivity contribution in [2.24, 2.45) is 5.92 Å². The second kappa shape index (κ2) is 5.18. The first-order valence-electron chi connectivity index (χ1n) is 6.86. The van der Waals surface area contributed by atoms with Crippen LogP contribution in [-0.2, 0) is 9.59 Å². The van der Waals surface area contributed by atoms with Crippen molar-refractivity contribution in [3.63, 3.8) is 0 Å². The molecule has 0 saturated heterocycles. The largest absolute Gasteiger partial charge is 0.508 e. The number of carbonyl (C=O) groups is 2. The molecule has 0 saturated carbocycles. The lowest BCUT2D eigenvalue weighted by atomic mass is 9.82. The smallest absolute Gasteiger partial charge is 0.308 e. The van der Waals surface area contributed by atoms with E-state index in [4.69, 9.17) is 5.11 Å². The fourth-order valence-corrected chi connectivity index (χ4v) is 3.20. The maximum Gasteiger partial charge on any atom is 0.308 e. The topological polar surface area (TPSA) is 94.8 Å². The number of fused-ring (bicyclic) bond motifs is 3. The van der Waals surface area contributed by atoms with Crippen molar-refractivity contribution in [2.75, 3.05) is 0 Å². The number of rotatable bonds is 4. The Morgan fingerprint density at radius 3 is 2.36 bits per heavy atom. The third-order valence-corrected chi connectivity index (χ3v) is 4.07. The van der Waals surface area contributed by atoms with Crippen LogP contribution in [0.2, 0.25) is 0 Å². The van der Waals surface area contributed by atoms with Crippen molar-refractivity contribution in [3.8, 4) is 16.9 Å². The van der Waals surface area contributed by atoms with E-state index in [9.17, 15) is 19.8 Å². The van der Waals surface area contributed by atoms with Crippen LogP contribution in [0.15, 0.2) is 42.5 Å². The van der Waals surface area contributed by atoms with Crippen molar-refractivity contribution in [1.29, 1.82) is 0 Å². The second-order valence-corrected chi connectivity index (χ2v) is 5.38. The zero-order valence-electron chi connectivity index (χ0n) is 11.6. The average Bonchev–Trinajstić information content (AvgIpc) is 2.77. The predicted molar refractivity (Wildman–Crippen MR) is 78.8 cm³/mol. The maximum atomic E-state index is 11.6. The molecule has 2 atom stereocenters. The van der Waals surface area contributed by atoms with Gasteiger partial charge in [0.05, 0.1) is 12.3 Å². The number of hydrogen-bond acceptors (Lipinski definition) is 3. The van der Waals surface area contributed by atoms with Gasteiger partial charge in [0.15, 0.2) is 0 Å². The fourth-order valence-electron chi connectivity index (χ4n) is 3.20. The summed E-state index contributed by atoms with van der Waals surface area (Å²) in [6.07, 6.45) is -0.469. The van der Waals surface area contributed by atoms with Crippen LogP contribution in [0.3, 0.4) is 0 Å². The fraction of sp³-hybridized carbons (Fsp3) is 0.176. The van der Waals surface area contributed by atoms with Crippen molar-refractivity contribution < 1.29 is 24.9 Å². The van der Waals surface area contributed by atoms with Crippen LogP contribution in [-0.4, -0.2) is 27.3 Å². The van der Waals surface area contributed by atoms with Crippen LogP contribution in [0.4, 0.5) is 0 Å². The number of benzene rings is 2. The molecule has 5 heteroatoms. The Labute approximate surface area is 126 Å². The minimum Gasteiger partial charge on any atom is -0.508 e. The van der Waals surface area contributed by atoms with Crippen molar-refractivity contribution in [1.82, 2.24) is 0 Å². The summed E-state index contributed by atoms with van der Waals surface area (Å²) in [6.45, 7) is 0. The van der Waals surface area contributed by atoms with Gasteiger partial charge in [-0.15, -0.1) is 0 Å². The third-order valence-electron chi connectivity index (χ3n) is 4.07. The molecule has 0 radical (unpaired) electrons. The number of phenolic OH excluding ortho intramolecular Hbond substituents is 1. The van der Waals surface area contributed by atoms with Crippen molar-refractivity contribution in [2.45, 2.75) is 12.3 Å². The summed E-state index contributed by atoms with van der Waals surface area (Å²) in [5.41, 5.74) is 3.18. The van der Waals surface area contributed by atoms with Gasteiger partial charge < -0.3 is 15.3 Å². The van der Waals surface area contributed by atoms with Gasteiger partial charge in [0, 0.05) is 5.92 Å². The summed E-state index contributed by atoms with van der Waals surface area (Å²) < 4.78 is 0. The molecule has 2 aromatic carbocycles. The zero-order valence-corrected chi connectivity index (χ0v) is 11.6. The van der Waals surface area contributed by atoms with Gasteiger partial charge in [-0.05, 0) is 34.4 Å². The Hall–Kier alpha value is -2.82. The Balaban J connectivity index is 2.20.